The Bertz CT molecular complexity index is 3240. The Labute approximate surface area is 315 Å². The number of fused-ring (bicyclic) bond motifs is 13. The van der Waals surface area contributed by atoms with Crippen LogP contribution < -0.4 is 21.3 Å². The first-order valence-electron chi connectivity index (χ1n) is 19.4. The summed E-state index contributed by atoms with van der Waals surface area (Å²) < 4.78 is 5.11. The topological polar surface area (TPSA) is 12.6 Å². The zero-order valence-electron chi connectivity index (χ0n) is 31.6. The molecule has 0 aliphatic carbocycles. The monoisotopic (exact) mass is 693 g/mol. The van der Waals surface area contributed by atoms with Crippen molar-refractivity contribution in [3.8, 4) is 5.69 Å². The predicted octanol–water partition coefficient (Wildman–Crippen LogP) is 11.1. The minimum absolute atomic E-state index is 0.0223. The van der Waals surface area contributed by atoms with Crippen molar-refractivity contribution in [2.45, 2.75) is 52.4 Å². The summed E-state index contributed by atoms with van der Waals surface area (Å²) in [5.74, 6) is 0. The minimum Gasteiger partial charge on any atom is -0.311 e. The van der Waals surface area contributed by atoms with E-state index in [4.69, 9.17) is 0 Å². The smallest absolute Gasteiger partial charge is 0.252 e. The van der Waals surface area contributed by atoms with E-state index in [1.807, 2.05) is 0 Å². The van der Waals surface area contributed by atoms with E-state index in [0.29, 0.717) is 0 Å². The Morgan fingerprint density at radius 1 is 0.426 bits per heavy atom. The zero-order valence-corrected chi connectivity index (χ0v) is 31.6. The van der Waals surface area contributed by atoms with E-state index in [9.17, 15) is 0 Å². The molecular formula is C50H40BN3. The largest absolute Gasteiger partial charge is 0.311 e. The van der Waals surface area contributed by atoms with Gasteiger partial charge in [0.2, 0.25) is 0 Å². The van der Waals surface area contributed by atoms with Gasteiger partial charge < -0.3 is 13.9 Å². The van der Waals surface area contributed by atoms with Gasteiger partial charge in [0, 0.05) is 60.6 Å². The molecule has 0 atom stereocenters. The molecule has 0 saturated heterocycles. The second kappa shape index (κ2) is 9.95. The maximum absolute atomic E-state index is 2.60. The van der Waals surface area contributed by atoms with Crippen molar-refractivity contribution in [3.63, 3.8) is 0 Å². The van der Waals surface area contributed by atoms with Gasteiger partial charge in [-0.3, -0.25) is 0 Å². The van der Waals surface area contributed by atoms with E-state index in [0.717, 1.165) is 0 Å². The van der Waals surface area contributed by atoms with Crippen molar-refractivity contribution in [2.24, 2.45) is 0 Å². The molecule has 3 aromatic heterocycles. The Morgan fingerprint density at radius 3 is 1.83 bits per heavy atom. The quantitative estimate of drug-likeness (QED) is 0.156. The molecule has 10 aromatic rings. The Morgan fingerprint density at radius 2 is 1.06 bits per heavy atom. The first kappa shape index (κ1) is 30.5. The van der Waals surface area contributed by atoms with Crippen LogP contribution in [-0.4, -0.2) is 15.7 Å². The summed E-state index contributed by atoms with van der Waals surface area (Å²) in [4.78, 5) is 2.53. The zero-order chi connectivity index (χ0) is 36.4. The van der Waals surface area contributed by atoms with Crippen LogP contribution in [0.5, 0.6) is 0 Å². The average molecular weight is 694 g/mol. The van der Waals surface area contributed by atoms with Gasteiger partial charge in [0.1, 0.15) is 0 Å². The maximum atomic E-state index is 2.60. The number of hydrogen-bond acceptors (Lipinski definition) is 1. The number of hydrogen-bond donors (Lipinski definition) is 0. The highest BCUT2D eigenvalue weighted by Gasteiger charge is 2.42. The second-order valence-electron chi connectivity index (χ2n) is 17.8. The predicted molar refractivity (Wildman–Crippen MR) is 232 cm³/mol. The van der Waals surface area contributed by atoms with Crippen LogP contribution in [0.15, 0.2) is 133 Å². The van der Waals surface area contributed by atoms with Crippen molar-refractivity contribution in [1.29, 1.82) is 0 Å². The van der Waals surface area contributed by atoms with Crippen LogP contribution in [0.3, 0.4) is 0 Å². The number of para-hydroxylation sites is 3. The molecule has 3 nitrogen and oxygen atoms in total. The van der Waals surface area contributed by atoms with Crippen LogP contribution in [0, 0.1) is 0 Å². The summed E-state index contributed by atoms with van der Waals surface area (Å²) in [6.07, 6.45) is 0. The molecule has 54 heavy (non-hydrogen) atoms. The van der Waals surface area contributed by atoms with E-state index < -0.39 is 0 Å². The normalized spacial score (nSPS) is 14.0. The summed E-state index contributed by atoms with van der Waals surface area (Å²) >= 11 is 0. The fourth-order valence-corrected chi connectivity index (χ4v) is 10.2. The molecular weight excluding hydrogens is 653 g/mol. The third-order valence-electron chi connectivity index (χ3n) is 12.7. The molecule has 2 aliphatic rings. The molecule has 0 spiro atoms. The fourth-order valence-electron chi connectivity index (χ4n) is 10.2. The van der Waals surface area contributed by atoms with Crippen LogP contribution >= 0.6 is 0 Å². The van der Waals surface area contributed by atoms with Gasteiger partial charge in [-0.1, -0.05) is 126 Å². The van der Waals surface area contributed by atoms with Crippen molar-refractivity contribution < 1.29 is 0 Å². The first-order valence-corrected chi connectivity index (χ1v) is 19.4. The molecule has 0 saturated carbocycles. The molecule has 0 fully saturated rings. The Balaban J connectivity index is 1.21. The molecule has 258 valence electrons. The Hall–Kier alpha value is -6.00. The molecule has 0 N–H and O–H groups in total. The molecule has 2 aliphatic heterocycles. The van der Waals surface area contributed by atoms with Gasteiger partial charge in [0.25, 0.3) is 6.71 Å². The third kappa shape index (κ3) is 3.73. The lowest BCUT2D eigenvalue weighted by molar-refractivity contribution is 0.590. The van der Waals surface area contributed by atoms with Gasteiger partial charge in [-0.2, -0.15) is 0 Å². The molecule has 5 heterocycles. The number of aromatic nitrogens is 2. The molecule has 7 aromatic carbocycles. The summed E-state index contributed by atoms with van der Waals surface area (Å²) in [7, 11) is 0. The van der Waals surface area contributed by atoms with Crippen LogP contribution in [0.2, 0.25) is 0 Å². The fraction of sp³-hybridized carbons (Fsp3) is 0.160. The van der Waals surface area contributed by atoms with E-state index >= 15 is 0 Å². The van der Waals surface area contributed by atoms with Gasteiger partial charge in [-0.05, 0) is 86.9 Å². The van der Waals surface area contributed by atoms with Crippen LogP contribution in [0.4, 0.5) is 17.1 Å². The van der Waals surface area contributed by atoms with E-state index in [2.05, 4.69) is 189 Å². The van der Waals surface area contributed by atoms with E-state index in [1.165, 1.54) is 110 Å². The van der Waals surface area contributed by atoms with Crippen molar-refractivity contribution in [1.82, 2.24) is 8.97 Å². The van der Waals surface area contributed by atoms with E-state index in [-0.39, 0.29) is 17.5 Å². The number of anilines is 3. The standard InChI is InChI=1S/C50H40BN3/c1-49(2,3)29-20-23-31(24-21-29)52-41-25-22-30(50(4,5)6)26-39(41)51-38-16-10-15-35-37-27-36-34-14-9-13-33-32-12-7-8-17-40(32)53(47(33)34)44(36)28-45(37)54(48(35)38)43-19-11-18-42(52)46(43)51/h7-28H,1-6H3. The van der Waals surface area contributed by atoms with Crippen molar-refractivity contribution in [2.75, 3.05) is 4.90 Å². The summed E-state index contributed by atoms with van der Waals surface area (Å²) in [5, 5.41) is 7.91. The third-order valence-corrected chi connectivity index (χ3v) is 12.7. The van der Waals surface area contributed by atoms with E-state index in [1.54, 1.807) is 0 Å². The highest BCUT2D eigenvalue weighted by Crippen LogP contribution is 2.45. The highest BCUT2D eigenvalue weighted by molar-refractivity contribution is 7.00. The molecule has 12 rings (SSSR count). The SMILES string of the molecule is CC(C)(C)c1ccc(N2c3ccc(C(C)(C)C)cc3B3c4c2cccc4-n2c4cc5c(cc4c4cccc3c42)c2cccc3c4ccccc4n5c32)cc1. The summed E-state index contributed by atoms with van der Waals surface area (Å²) in [5.41, 5.74) is 18.4. The number of benzene rings is 7. The molecule has 0 radical (unpaired) electrons. The molecule has 0 amide bonds. The van der Waals surface area contributed by atoms with Gasteiger partial charge in [0.05, 0.1) is 22.1 Å². The van der Waals surface area contributed by atoms with Gasteiger partial charge >= 0.3 is 0 Å². The van der Waals surface area contributed by atoms with Crippen LogP contribution in [-0.2, 0) is 10.8 Å². The lowest BCUT2D eigenvalue weighted by Gasteiger charge is -2.41. The van der Waals surface area contributed by atoms with Gasteiger partial charge in [-0.15, -0.1) is 0 Å². The lowest BCUT2D eigenvalue weighted by Crippen LogP contribution is -2.60. The van der Waals surface area contributed by atoms with Crippen molar-refractivity contribution in [3.05, 3.63) is 145 Å². The summed E-state index contributed by atoms with van der Waals surface area (Å²) in [6, 6.07) is 51.2. The Kier molecular flexibility index (Phi) is 5.61. The van der Waals surface area contributed by atoms with Crippen molar-refractivity contribution >= 4 is 100 Å². The summed E-state index contributed by atoms with van der Waals surface area (Å²) in [6.45, 7) is 14.0. The second-order valence-corrected chi connectivity index (χ2v) is 17.8. The van der Waals surface area contributed by atoms with Gasteiger partial charge in [0.15, 0.2) is 0 Å². The molecule has 4 heteroatoms. The van der Waals surface area contributed by atoms with Gasteiger partial charge in [-0.25, -0.2) is 0 Å². The first-order chi connectivity index (χ1) is 26.1. The van der Waals surface area contributed by atoms with Crippen LogP contribution in [0.1, 0.15) is 52.7 Å². The number of rotatable bonds is 1. The highest BCUT2D eigenvalue weighted by atomic mass is 15.2. The molecule has 0 bridgehead atoms. The number of nitrogens with zero attached hydrogens (tertiary/aromatic N) is 3. The average Bonchev–Trinajstić information content (AvgIpc) is 3.80. The molecule has 0 unspecified atom stereocenters. The minimum atomic E-state index is 0.0223. The van der Waals surface area contributed by atoms with Crippen LogP contribution in [0.25, 0.3) is 65.6 Å². The lowest BCUT2D eigenvalue weighted by atomic mass is 9.33. The maximum Gasteiger partial charge on any atom is 0.252 e.